The van der Waals surface area contributed by atoms with E-state index in [4.69, 9.17) is 21.1 Å². The van der Waals surface area contributed by atoms with E-state index in [1.807, 2.05) is 0 Å². The van der Waals surface area contributed by atoms with Crippen molar-refractivity contribution in [3.05, 3.63) is 28.7 Å². The van der Waals surface area contributed by atoms with Crippen molar-refractivity contribution in [2.24, 2.45) is 0 Å². The van der Waals surface area contributed by atoms with Gasteiger partial charge in [0.05, 0.1) is 19.1 Å². The summed E-state index contributed by atoms with van der Waals surface area (Å²) >= 11 is 6.22. The molecule has 25 heavy (non-hydrogen) atoms. The number of nitrogens with one attached hydrogen (secondary N) is 1. The third-order valence-corrected chi connectivity index (χ3v) is 4.51. The molecule has 134 valence electrons. The standard InChI is InChI=1S/C16H17ClN2O5S/c1-23-11-4-3-10(7-12(11)24-2)8-13-15(21)19(16(22)25-13)6-5-18-14(20)9-17/h3-4,7-8H,5-6,9H2,1-2H3,(H,18,20)/b13-8+. The van der Waals surface area contributed by atoms with Crippen molar-refractivity contribution in [3.8, 4) is 11.5 Å². The van der Waals surface area contributed by atoms with Gasteiger partial charge in [-0.25, -0.2) is 0 Å². The highest BCUT2D eigenvalue weighted by Crippen LogP contribution is 2.34. The first-order chi connectivity index (χ1) is 12.0. The number of hydrogen-bond acceptors (Lipinski definition) is 6. The Balaban J connectivity index is 2.10. The fourth-order valence-corrected chi connectivity index (χ4v) is 3.10. The first-order valence-corrected chi connectivity index (χ1v) is 8.65. The van der Waals surface area contributed by atoms with Gasteiger partial charge in [0.1, 0.15) is 5.88 Å². The second kappa shape index (κ2) is 8.77. The molecule has 9 heteroatoms. The molecule has 2 rings (SSSR count). The van der Waals surface area contributed by atoms with E-state index in [1.165, 1.54) is 14.2 Å². The SMILES string of the molecule is COc1ccc(/C=C2/SC(=O)N(CCNC(=O)CCl)C2=O)cc1OC. The highest BCUT2D eigenvalue weighted by molar-refractivity contribution is 8.18. The number of carbonyl (C=O) groups is 3. The van der Waals surface area contributed by atoms with Crippen LogP contribution in [0, 0.1) is 0 Å². The highest BCUT2D eigenvalue weighted by Gasteiger charge is 2.34. The minimum atomic E-state index is -0.398. The lowest BCUT2D eigenvalue weighted by atomic mass is 10.2. The predicted molar refractivity (Wildman–Crippen MR) is 96.0 cm³/mol. The molecule has 1 aliphatic rings. The number of imide groups is 1. The lowest BCUT2D eigenvalue weighted by molar-refractivity contribution is -0.123. The molecule has 7 nitrogen and oxygen atoms in total. The number of nitrogens with zero attached hydrogens (tertiary/aromatic N) is 1. The predicted octanol–water partition coefficient (Wildman–Crippen LogP) is 2.10. The molecule has 1 fully saturated rings. The highest BCUT2D eigenvalue weighted by atomic mass is 35.5. The number of ether oxygens (including phenoxy) is 2. The van der Waals surface area contributed by atoms with Gasteiger partial charge < -0.3 is 14.8 Å². The van der Waals surface area contributed by atoms with Crippen molar-refractivity contribution >= 4 is 46.5 Å². The van der Waals surface area contributed by atoms with Crippen molar-refractivity contribution in [3.63, 3.8) is 0 Å². The maximum atomic E-state index is 12.4. The summed E-state index contributed by atoms with van der Waals surface area (Å²) in [6.07, 6.45) is 1.62. The average molecular weight is 385 g/mol. The molecule has 0 aromatic heterocycles. The van der Waals surface area contributed by atoms with Crippen molar-refractivity contribution in [1.82, 2.24) is 10.2 Å². The van der Waals surface area contributed by atoms with Crippen LogP contribution < -0.4 is 14.8 Å². The molecule has 0 saturated carbocycles. The maximum absolute atomic E-state index is 12.4. The number of hydrogen-bond donors (Lipinski definition) is 1. The van der Waals surface area contributed by atoms with E-state index in [-0.39, 0.29) is 30.1 Å². The Hall–Kier alpha value is -2.19. The van der Waals surface area contributed by atoms with Crippen molar-refractivity contribution in [2.75, 3.05) is 33.2 Å². The molecule has 3 amide bonds. The number of benzene rings is 1. The molecular formula is C16H17ClN2O5S. The lowest BCUT2D eigenvalue weighted by Crippen LogP contribution is -2.37. The van der Waals surface area contributed by atoms with E-state index >= 15 is 0 Å². The van der Waals surface area contributed by atoms with Crippen LogP contribution in [0.15, 0.2) is 23.1 Å². The third-order valence-electron chi connectivity index (χ3n) is 3.36. The molecule has 1 aromatic carbocycles. The van der Waals surface area contributed by atoms with Gasteiger partial charge in [-0.2, -0.15) is 0 Å². The van der Waals surface area contributed by atoms with E-state index in [0.717, 1.165) is 16.7 Å². The molecule has 0 spiro atoms. The Labute approximate surface area is 154 Å². The number of methoxy groups -OCH3 is 2. The van der Waals surface area contributed by atoms with Crippen molar-refractivity contribution in [2.45, 2.75) is 0 Å². The second-order valence-corrected chi connectivity index (χ2v) is 6.19. The van der Waals surface area contributed by atoms with Crippen molar-refractivity contribution in [1.29, 1.82) is 0 Å². The maximum Gasteiger partial charge on any atom is 0.293 e. The van der Waals surface area contributed by atoms with Crippen LogP contribution in [0.1, 0.15) is 5.56 Å². The zero-order valence-electron chi connectivity index (χ0n) is 13.7. The molecule has 1 aromatic rings. The van der Waals surface area contributed by atoms with Gasteiger partial charge in [-0.05, 0) is 35.5 Å². The molecule has 1 aliphatic heterocycles. The number of halogens is 1. The molecule has 0 unspecified atom stereocenters. The van der Waals surface area contributed by atoms with Gasteiger partial charge in [-0.15, -0.1) is 11.6 Å². The van der Waals surface area contributed by atoms with E-state index in [2.05, 4.69) is 5.32 Å². The Kier molecular flexibility index (Phi) is 6.72. The molecule has 0 radical (unpaired) electrons. The van der Waals surface area contributed by atoms with Crippen LogP contribution in [-0.4, -0.2) is 55.1 Å². The Bertz CT molecular complexity index is 722. The first-order valence-electron chi connectivity index (χ1n) is 7.30. The summed E-state index contributed by atoms with van der Waals surface area (Å²) in [5.74, 6) is 0.183. The number of alkyl halides is 1. The van der Waals surface area contributed by atoms with E-state index < -0.39 is 5.91 Å². The lowest BCUT2D eigenvalue weighted by Gasteiger charge is -2.12. The Morgan fingerprint density at radius 3 is 2.64 bits per heavy atom. The summed E-state index contributed by atoms with van der Waals surface area (Å²) in [7, 11) is 3.05. The smallest absolute Gasteiger partial charge is 0.293 e. The monoisotopic (exact) mass is 384 g/mol. The molecule has 0 atom stereocenters. The minimum Gasteiger partial charge on any atom is -0.493 e. The summed E-state index contributed by atoms with van der Waals surface area (Å²) in [6, 6.07) is 5.19. The fraction of sp³-hybridized carbons (Fsp3) is 0.312. The summed E-state index contributed by atoms with van der Waals surface area (Å²) < 4.78 is 10.4. The van der Waals surface area contributed by atoms with Gasteiger partial charge in [0.25, 0.3) is 11.1 Å². The van der Waals surface area contributed by atoms with Crippen molar-refractivity contribution < 1.29 is 23.9 Å². The number of amides is 3. The fourth-order valence-electron chi connectivity index (χ4n) is 2.14. The molecule has 1 heterocycles. The summed E-state index contributed by atoms with van der Waals surface area (Å²) in [5, 5.41) is 2.14. The van der Waals surface area contributed by atoms with E-state index in [1.54, 1.807) is 24.3 Å². The zero-order chi connectivity index (χ0) is 18.4. The van der Waals surface area contributed by atoms with E-state index in [0.29, 0.717) is 22.0 Å². The topological polar surface area (TPSA) is 84.9 Å². The molecule has 0 aliphatic carbocycles. The van der Waals surface area contributed by atoms with Gasteiger partial charge >= 0.3 is 0 Å². The second-order valence-electron chi connectivity index (χ2n) is 4.93. The molecular weight excluding hydrogens is 368 g/mol. The van der Waals surface area contributed by atoms with Gasteiger partial charge in [0.2, 0.25) is 5.91 Å². The number of carbonyl (C=O) groups excluding carboxylic acids is 3. The molecule has 1 N–H and O–H groups in total. The minimum absolute atomic E-state index is 0.0938. The normalized spacial score (nSPS) is 15.6. The van der Waals surface area contributed by atoms with Gasteiger partial charge in [-0.1, -0.05) is 6.07 Å². The Morgan fingerprint density at radius 1 is 1.28 bits per heavy atom. The number of rotatable bonds is 7. The third kappa shape index (κ3) is 4.67. The summed E-state index contributed by atoms with van der Waals surface area (Å²) in [5.41, 5.74) is 0.707. The van der Waals surface area contributed by atoms with Crippen LogP contribution in [-0.2, 0) is 9.59 Å². The number of thioether (sulfide) groups is 1. The van der Waals surface area contributed by atoms with Crippen LogP contribution in [0.3, 0.4) is 0 Å². The van der Waals surface area contributed by atoms with Crippen LogP contribution >= 0.6 is 23.4 Å². The van der Waals surface area contributed by atoms with Gasteiger partial charge in [0.15, 0.2) is 11.5 Å². The molecule has 0 bridgehead atoms. The average Bonchev–Trinajstić information content (AvgIpc) is 2.88. The Morgan fingerprint density at radius 2 is 2.00 bits per heavy atom. The van der Waals surface area contributed by atoms with Crippen LogP contribution in [0.5, 0.6) is 11.5 Å². The largest absolute Gasteiger partial charge is 0.493 e. The van der Waals surface area contributed by atoms with Gasteiger partial charge in [0, 0.05) is 13.1 Å². The summed E-state index contributed by atoms with van der Waals surface area (Å²) in [6.45, 7) is 0.254. The van der Waals surface area contributed by atoms with Crippen LogP contribution in [0.2, 0.25) is 0 Å². The quantitative estimate of drug-likeness (QED) is 0.572. The molecule has 1 saturated heterocycles. The van der Waals surface area contributed by atoms with Gasteiger partial charge in [-0.3, -0.25) is 19.3 Å². The zero-order valence-corrected chi connectivity index (χ0v) is 15.3. The van der Waals surface area contributed by atoms with E-state index in [9.17, 15) is 14.4 Å². The van der Waals surface area contributed by atoms with Crippen LogP contribution in [0.25, 0.3) is 6.08 Å². The summed E-state index contributed by atoms with van der Waals surface area (Å²) in [4.78, 5) is 36.9. The first kappa shape index (κ1) is 19.1. The van der Waals surface area contributed by atoms with Crippen LogP contribution in [0.4, 0.5) is 4.79 Å².